The third kappa shape index (κ3) is 3.72. The molecule has 0 bridgehead atoms. The first-order valence-electron chi connectivity index (χ1n) is 7.13. The highest BCUT2D eigenvalue weighted by atomic mass is 79.9. The van der Waals surface area contributed by atoms with Crippen molar-refractivity contribution in [2.45, 2.75) is 32.9 Å². The van der Waals surface area contributed by atoms with E-state index >= 15 is 0 Å². The molecule has 0 aliphatic heterocycles. The summed E-state index contributed by atoms with van der Waals surface area (Å²) in [6.45, 7) is 3.60. The summed E-state index contributed by atoms with van der Waals surface area (Å²) in [5, 5.41) is 19.5. The molecule has 0 amide bonds. The maximum atomic E-state index is 10.1. The molecule has 2 N–H and O–H groups in total. The molecule has 1 atom stereocenters. The fourth-order valence-corrected chi connectivity index (χ4v) is 2.46. The number of nitrogens with zero attached hydrogens (tertiary/aromatic N) is 2. The minimum absolute atomic E-state index is 0.00696. The predicted molar refractivity (Wildman–Crippen MR) is 91.3 cm³/mol. The van der Waals surface area contributed by atoms with E-state index in [4.69, 9.17) is 0 Å². The number of aromatic nitrogens is 1. The Morgan fingerprint density at radius 2 is 2.00 bits per heavy atom. The average molecular weight is 363 g/mol. The molecule has 0 aliphatic carbocycles. The van der Waals surface area contributed by atoms with Gasteiger partial charge in [-0.2, -0.15) is 0 Å². The minimum atomic E-state index is -0.183. The quantitative estimate of drug-likeness (QED) is 0.792. The summed E-state index contributed by atoms with van der Waals surface area (Å²) < 4.78 is 1.03. The topological polar surface area (TPSA) is 65.7 Å². The summed E-state index contributed by atoms with van der Waals surface area (Å²) in [5.74, 6) is 0.0703. The Hall–Kier alpha value is -1.72. The smallest absolute Gasteiger partial charge is 0.145 e. The summed E-state index contributed by atoms with van der Waals surface area (Å²) in [6.07, 6.45) is 4.04. The summed E-state index contributed by atoms with van der Waals surface area (Å²) in [5.41, 5.74) is 2.73. The van der Waals surface area contributed by atoms with Gasteiger partial charge in [0.15, 0.2) is 0 Å². The largest absolute Gasteiger partial charge is 0.505 e. The zero-order valence-electron chi connectivity index (χ0n) is 12.6. The molecule has 4 nitrogen and oxygen atoms in total. The van der Waals surface area contributed by atoms with Gasteiger partial charge in [-0.3, -0.25) is 9.98 Å². The number of aliphatic hydroxyl groups is 1. The normalized spacial score (nSPS) is 12.7. The van der Waals surface area contributed by atoms with E-state index in [0.29, 0.717) is 16.8 Å². The van der Waals surface area contributed by atoms with Gasteiger partial charge in [0.2, 0.25) is 0 Å². The van der Waals surface area contributed by atoms with E-state index in [-0.39, 0.29) is 18.4 Å². The van der Waals surface area contributed by atoms with Gasteiger partial charge < -0.3 is 10.2 Å². The predicted octanol–water partition coefficient (Wildman–Crippen LogP) is 3.92. The Morgan fingerprint density at radius 3 is 2.59 bits per heavy atom. The summed E-state index contributed by atoms with van der Waals surface area (Å²) >= 11 is 3.42. The SMILES string of the molecule is CC[C@@H](N=Cc1c(CO)cnc(C)c1O)c1ccc(Br)cc1. The molecule has 0 saturated heterocycles. The fourth-order valence-electron chi connectivity index (χ4n) is 2.20. The van der Waals surface area contributed by atoms with Crippen LogP contribution in [0.15, 0.2) is 39.9 Å². The maximum absolute atomic E-state index is 10.1. The molecule has 2 rings (SSSR count). The second kappa shape index (κ2) is 7.51. The lowest BCUT2D eigenvalue weighted by Crippen LogP contribution is -2.00. The van der Waals surface area contributed by atoms with E-state index in [9.17, 15) is 10.2 Å². The minimum Gasteiger partial charge on any atom is -0.505 e. The van der Waals surface area contributed by atoms with E-state index in [1.807, 2.05) is 24.3 Å². The molecule has 0 radical (unpaired) electrons. The molecule has 5 heteroatoms. The molecule has 0 spiro atoms. The molecular formula is C17H19BrN2O2. The molecular weight excluding hydrogens is 344 g/mol. The lowest BCUT2D eigenvalue weighted by molar-refractivity contribution is 0.280. The van der Waals surface area contributed by atoms with Crippen LogP contribution in [-0.4, -0.2) is 21.4 Å². The van der Waals surface area contributed by atoms with Gasteiger partial charge >= 0.3 is 0 Å². The Morgan fingerprint density at radius 1 is 1.32 bits per heavy atom. The molecule has 116 valence electrons. The number of aliphatic imine (C=N–C) groups is 1. The number of aliphatic hydroxyl groups excluding tert-OH is 1. The molecule has 0 aliphatic rings. The zero-order valence-corrected chi connectivity index (χ0v) is 14.2. The average Bonchev–Trinajstić information content (AvgIpc) is 2.53. The van der Waals surface area contributed by atoms with Gasteiger partial charge in [0.1, 0.15) is 5.75 Å². The highest BCUT2D eigenvalue weighted by molar-refractivity contribution is 9.10. The third-order valence-corrected chi connectivity index (χ3v) is 4.08. The zero-order chi connectivity index (χ0) is 16.1. The molecule has 0 fully saturated rings. The number of hydrogen-bond acceptors (Lipinski definition) is 4. The van der Waals surface area contributed by atoms with Crippen molar-refractivity contribution < 1.29 is 10.2 Å². The van der Waals surface area contributed by atoms with Crippen molar-refractivity contribution in [2.24, 2.45) is 4.99 Å². The van der Waals surface area contributed by atoms with Crippen LogP contribution in [0.3, 0.4) is 0 Å². The van der Waals surface area contributed by atoms with Crippen LogP contribution in [0.5, 0.6) is 5.75 Å². The van der Waals surface area contributed by atoms with E-state index in [0.717, 1.165) is 16.5 Å². The van der Waals surface area contributed by atoms with Crippen molar-refractivity contribution in [1.29, 1.82) is 0 Å². The molecule has 0 saturated carbocycles. The van der Waals surface area contributed by atoms with Crippen LogP contribution in [0, 0.1) is 6.92 Å². The highest BCUT2D eigenvalue weighted by Crippen LogP contribution is 2.26. The summed E-state index contributed by atoms with van der Waals surface area (Å²) in [6, 6.07) is 8.04. The first-order chi connectivity index (χ1) is 10.6. The van der Waals surface area contributed by atoms with Crippen LogP contribution in [0.4, 0.5) is 0 Å². The van der Waals surface area contributed by atoms with Crippen LogP contribution in [0.1, 0.15) is 41.8 Å². The van der Waals surface area contributed by atoms with Crippen LogP contribution in [-0.2, 0) is 6.61 Å². The molecule has 2 aromatic rings. The lowest BCUT2D eigenvalue weighted by Gasteiger charge is -2.12. The van der Waals surface area contributed by atoms with Crippen molar-refractivity contribution in [2.75, 3.05) is 0 Å². The van der Waals surface area contributed by atoms with Crippen LogP contribution < -0.4 is 0 Å². The van der Waals surface area contributed by atoms with Crippen LogP contribution in [0.2, 0.25) is 0 Å². The number of rotatable bonds is 5. The van der Waals surface area contributed by atoms with Crippen molar-refractivity contribution >= 4 is 22.1 Å². The third-order valence-electron chi connectivity index (χ3n) is 3.55. The van der Waals surface area contributed by atoms with Crippen molar-refractivity contribution in [3.63, 3.8) is 0 Å². The molecule has 0 unspecified atom stereocenters. The van der Waals surface area contributed by atoms with E-state index in [1.54, 1.807) is 19.3 Å². The van der Waals surface area contributed by atoms with Gasteiger partial charge in [0.25, 0.3) is 0 Å². The second-order valence-electron chi connectivity index (χ2n) is 5.04. The number of aryl methyl sites for hydroxylation is 1. The van der Waals surface area contributed by atoms with E-state index < -0.39 is 0 Å². The standard InChI is InChI=1S/C17H19BrN2O2/c1-3-16(12-4-6-14(18)7-5-12)20-9-15-13(10-21)8-19-11(2)17(15)22/h4-9,16,21-22H,3,10H2,1-2H3/t16-/m1/s1. The van der Waals surface area contributed by atoms with Gasteiger partial charge in [-0.05, 0) is 31.0 Å². The van der Waals surface area contributed by atoms with Crippen molar-refractivity contribution in [3.05, 3.63) is 57.3 Å². The number of halogens is 1. The summed E-state index contributed by atoms with van der Waals surface area (Å²) in [4.78, 5) is 8.63. The summed E-state index contributed by atoms with van der Waals surface area (Å²) in [7, 11) is 0. The van der Waals surface area contributed by atoms with Crippen LogP contribution >= 0.6 is 15.9 Å². The van der Waals surface area contributed by atoms with Gasteiger partial charge in [-0.25, -0.2) is 0 Å². The lowest BCUT2D eigenvalue weighted by atomic mass is 10.0. The van der Waals surface area contributed by atoms with E-state index in [1.165, 1.54) is 0 Å². The maximum Gasteiger partial charge on any atom is 0.145 e. The number of hydrogen-bond donors (Lipinski definition) is 2. The Bertz CT molecular complexity index is 669. The number of benzene rings is 1. The molecule has 1 aromatic heterocycles. The Balaban J connectivity index is 2.33. The molecule has 22 heavy (non-hydrogen) atoms. The molecule has 1 heterocycles. The first kappa shape index (κ1) is 16.6. The highest BCUT2D eigenvalue weighted by Gasteiger charge is 2.11. The van der Waals surface area contributed by atoms with Crippen molar-refractivity contribution in [3.8, 4) is 5.75 Å². The Kier molecular flexibility index (Phi) is 5.69. The van der Waals surface area contributed by atoms with Crippen LogP contribution in [0.25, 0.3) is 0 Å². The fraction of sp³-hybridized carbons (Fsp3) is 0.294. The van der Waals surface area contributed by atoms with Crippen molar-refractivity contribution in [1.82, 2.24) is 4.98 Å². The Labute approximate surface area is 138 Å². The van der Waals surface area contributed by atoms with Gasteiger partial charge in [0, 0.05) is 28.0 Å². The second-order valence-corrected chi connectivity index (χ2v) is 5.96. The van der Waals surface area contributed by atoms with E-state index in [2.05, 4.69) is 32.8 Å². The molecule has 1 aromatic carbocycles. The monoisotopic (exact) mass is 362 g/mol. The van der Waals surface area contributed by atoms with Gasteiger partial charge in [-0.15, -0.1) is 0 Å². The van der Waals surface area contributed by atoms with Gasteiger partial charge in [-0.1, -0.05) is 35.0 Å². The number of pyridine rings is 1. The van der Waals surface area contributed by atoms with Gasteiger partial charge in [0.05, 0.1) is 18.3 Å². The first-order valence-corrected chi connectivity index (χ1v) is 7.93. The number of aromatic hydroxyl groups is 1.